The third-order valence-corrected chi connectivity index (χ3v) is 5.31. The Morgan fingerprint density at radius 2 is 1.85 bits per heavy atom. The Balaban J connectivity index is 1.67. The first-order valence-electron chi connectivity index (χ1n) is 8.51. The molecule has 0 aliphatic rings. The van der Waals surface area contributed by atoms with Crippen molar-refractivity contribution < 1.29 is 14.3 Å². The van der Waals surface area contributed by atoms with Crippen molar-refractivity contribution in [3.63, 3.8) is 0 Å². The number of nitrogens with one attached hydrogen (secondary N) is 1. The number of ether oxygens (including phenoxy) is 2. The van der Waals surface area contributed by atoms with E-state index in [1.807, 2.05) is 25.1 Å². The number of aryl methyl sites for hydroxylation is 1. The summed E-state index contributed by atoms with van der Waals surface area (Å²) in [6.45, 7) is 2.47. The van der Waals surface area contributed by atoms with E-state index in [4.69, 9.17) is 9.47 Å². The van der Waals surface area contributed by atoms with Crippen LogP contribution in [0.15, 0.2) is 42.6 Å². The van der Waals surface area contributed by atoms with Gasteiger partial charge in [-0.05, 0) is 31.2 Å². The summed E-state index contributed by atoms with van der Waals surface area (Å²) in [6, 6.07) is 11.0. The Kier molecular flexibility index (Phi) is 6.03. The lowest BCUT2D eigenvalue weighted by Crippen LogP contribution is -2.26. The maximum absolute atomic E-state index is 12.6. The summed E-state index contributed by atoms with van der Waals surface area (Å²) >= 11 is 1.60. The Morgan fingerprint density at radius 1 is 1.11 bits per heavy atom. The van der Waals surface area contributed by atoms with Crippen LogP contribution in [-0.2, 0) is 6.42 Å². The molecule has 27 heavy (non-hydrogen) atoms. The lowest BCUT2D eigenvalue weighted by molar-refractivity contribution is 0.0948. The minimum atomic E-state index is -0.226. The summed E-state index contributed by atoms with van der Waals surface area (Å²) in [7, 11) is 3.07. The summed E-state index contributed by atoms with van der Waals surface area (Å²) < 4.78 is 10.6. The average molecular weight is 383 g/mol. The van der Waals surface area contributed by atoms with Gasteiger partial charge in [0.25, 0.3) is 5.91 Å². The van der Waals surface area contributed by atoms with Gasteiger partial charge < -0.3 is 14.8 Å². The zero-order valence-corrected chi connectivity index (χ0v) is 16.3. The molecule has 0 aliphatic heterocycles. The molecule has 2 heterocycles. The zero-order valence-electron chi connectivity index (χ0n) is 15.5. The predicted molar refractivity (Wildman–Crippen MR) is 106 cm³/mol. The topological polar surface area (TPSA) is 73.3 Å². The third kappa shape index (κ3) is 4.25. The van der Waals surface area contributed by atoms with Crippen molar-refractivity contribution in [1.29, 1.82) is 0 Å². The van der Waals surface area contributed by atoms with E-state index in [2.05, 4.69) is 15.3 Å². The van der Waals surface area contributed by atoms with Crippen LogP contribution in [0.5, 0.6) is 11.5 Å². The van der Waals surface area contributed by atoms with Crippen LogP contribution in [0, 0.1) is 6.92 Å². The van der Waals surface area contributed by atoms with Crippen LogP contribution in [0.2, 0.25) is 0 Å². The molecule has 0 saturated heterocycles. The maximum atomic E-state index is 12.6. The molecule has 7 heteroatoms. The number of carbonyl (C=O) groups is 1. The van der Waals surface area contributed by atoms with Gasteiger partial charge in [0.2, 0.25) is 0 Å². The second kappa shape index (κ2) is 8.64. The van der Waals surface area contributed by atoms with Crippen LogP contribution >= 0.6 is 11.3 Å². The summed E-state index contributed by atoms with van der Waals surface area (Å²) in [6.07, 6.45) is 2.45. The van der Waals surface area contributed by atoms with Gasteiger partial charge in [-0.1, -0.05) is 12.1 Å². The minimum Gasteiger partial charge on any atom is -0.496 e. The van der Waals surface area contributed by atoms with E-state index in [1.54, 1.807) is 35.7 Å². The smallest absolute Gasteiger partial charge is 0.258 e. The van der Waals surface area contributed by atoms with Crippen LogP contribution in [-0.4, -0.2) is 36.6 Å². The molecule has 0 saturated carbocycles. The lowest BCUT2D eigenvalue weighted by atomic mass is 10.1. The zero-order chi connectivity index (χ0) is 19.2. The van der Waals surface area contributed by atoms with Crippen molar-refractivity contribution in [3.8, 4) is 22.2 Å². The van der Waals surface area contributed by atoms with Gasteiger partial charge in [-0.3, -0.25) is 9.78 Å². The summed E-state index contributed by atoms with van der Waals surface area (Å²) in [5.41, 5.74) is 2.22. The molecule has 1 amide bonds. The predicted octanol–water partition coefficient (Wildman–Crippen LogP) is 3.50. The quantitative estimate of drug-likeness (QED) is 0.676. The maximum Gasteiger partial charge on any atom is 0.258 e. The minimum absolute atomic E-state index is 0.226. The van der Waals surface area contributed by atoms with Crippen molar-refractivity contribution in [1.82, 2.24) is 15.3 Å². The molecule has 3 aromatic rings. The molecule has 0 aliphatic carbocycles. The fourth-order valence-corrected chi connectivity index (χ4v) is 3.75. The highest BCUT2D eigenvalue weighted by Gasteiger charge is 2.18. The van der Waals surface area contributed by atoms with E-state index in [0.29, 0.717) is 30.0 Å². The number of methoxy groups -OCH3 is 2. The number of hydrogen-bond donors (Lipinski definition) is 1. The molecule has 6 nitrogen and oxygen atoms in total. The summed E-state index contributed by atoms with van der Waals surface area (Å²) in [4.78, 5) is 22.7. The number of thiazole rings is 1. The first kappa shape index (κ1) is 18.8. The molecule has 0 fully saturated rings. The number of aromatic nitrogens is 2. The molecule has 1 N–H and O–H groups in total. The van der Waals surface area contributed by atoms with Crippen LogP contribution in [0.25, 0.3) is 10.7 Å². The molecule has 0 radical (unpaired) electrons. The van der Waals surface area contributed by atoms with Crippen molar-refractivity contribution in [2.45, 2.75) is 13.3 Å². The molecule has 0 bridgehead atoms. The van der Waals surface area contributed by atoms with E-state index in [1.165, 1.54) is 14.2 Å². The highest BCUT2D eigenvalue weighted by molar-refractivity contribution is 7.15. The van der Waals surface area contributed by atoms with Gasteiger partial charge >= 0.3 is 0 Å². The molecular formula is C20H21N3O3S. The SMILES string of the molecule is COc1cccc(OC)c1C(=O)NCCc1sc(-c2ccccn2)nc1C. The van der Waals surface area contributed by atoms with Crippen LogP contribution in [0.4, 0.5) is 0 Å². The molecule has 3 rings (SSSR count). The second-order valence-corrected chi connectivity index (χ2v) is 6.87. The fraction of sp³-hybridized carbons (Fsp3) is 0.250. The Bertz CT molecular complexity index is 903. The number of benzene rings is 1. The second-order valence-electron chi connectivity index (χ2n) is 5.79. The van der Waals surface area contributed by atoms with E-state index in [9.17, 15) is 4.79 Å². The van der Waals surface area contributed by atoms with Gasteiger partial charge in [0.05, 0.1) is 25.6 Å². The van der Waals surface area contributed by atoms with E-state index in [0.717, 1.165) is 21.3 Å². The van der Waals surface area contributed by atoms with E-state index < -0.39 is 0 Å². The largest absolute Gasteiger partial charge is 0.496 e. The van der Waals surface area contributed by atoms with Gasteiger partial charge in [0, 0.05) is 24.0 Å². The molecule has 0 spiro atoms. The monoisotopic (exact) mass is 383 g/mol. The molecule has 2 aromatic heterocycles. The molecule has 0 atom stereocenters. The standard InChI is InChI=1S/C20H21N3O3S/c1-13-17(27-20(23-13)14-7-4-5-11-21-14)10-12-22-19(24)18-15(25-2)8-6-9-16(18)26-3/h4-9,11H,10,12H2,1-3H3,(H,22,24). The van der Waals surface area contributed by atoms with Gasteiger partial charge in [-0.25, -0.2) is 4.98 Å². The number of nitrogens with zero attached hydrogens (tertiary/aromatic N) is 2. The van der Waals surface area contributed by atoms with Gasteiger partial charge in [0.1, 0.15) is 22.1 Å². The first-order chi connectivity index (χ1) is 13.1. The van der Waals surface area contributed by atoms with Crippen molar-refractivity contribution in [2.24, 2.45) is 0 Å². The highest BCUT2D eigenvalue weighted by atomic mass is 32.1. The molecule has 140 valence electrons. The average Bonchev–Trinajstić information content (AvgIpc) is 3.08. The molecular weight excluding hydrogens is 362 g/mol. The Hall–Kier alpha value is -2.93. The van der Waals surface area contributed by atoms with Crippen LogP contribution in [0.1, 0.15) is 20.9 Å². The number of pyridine rings is 1. The van der Waals surface area contributed by atoms with Crippen LogP contribution in [0.3, 0.4) is 0 Å². The lowest BCUT2D eigenvalue weighted by Gasteiger charge is -2.12. The van der Waals surface area contributed by atoms with Gasteiger partial charge in [-0.2, -0.15) is 0 Å². The van der Waals surface area contributed by atoms with Crippen molar-refractivity contribution in [2.75, 3.05) is 20.8 Å². The Morgan fingerprint density at radius 3 is 2.48 bits per heavy atom. The number of carbonyl (C=O) groups excluding carboxylic acids is 1. The summed E-state index contributed by atoms with van der Waals surface area (Å²) in [5, 5.41) is 3.83. The van der Waals surface area contributed by atoms with Crippen LogP contribution < -0.4 is 14.8 Å². The normalized spacial score (nSPS) is 10.5. The van der Waals surface area contributed by atoms with Crippen molar-refractivity contribution >= 4 is 17.2 Å². The summed E-state index contributed by atoms with van der Waals surface area (Å²) in [5.74, 6) is 0.743. The van der Waals surface area contributed by atoms with Gasteiger partial charge in [-0.15, -0.1) is 11.3 Å². The van der Waals surface area contributed by atoms with E-state index >= 15 is 0 Å². The highest BCUT2D eigenvalue weighted by Crippen LogP contribution is 2.28. The van der Waals surface area contributed by atoms with E-state index in [-0.39, 0.29) is 5.91 Å². The first-order valence-corrected chi connectivity index (χ1v) is 9.32. The third-order valence-electron chi connectivity index (χ3n) is 4.07. The fourth-order valence-electron chi connectivity index (χ4n) is 2.71. The Labute approximate surface area is 162 Å². The number of rotatable bonds is 7. The molecule has 0 unspecified atom stereocenters. The van der Waals surface area contributed by atoms with Gasteiger partial charge in [0.15, 0.2) is 0 Å². The number of amides is 1. The van der Waals surface area contributed by atoms with Crippen molar-refractivity contribution in [3.05, 3.63) is 58.7 Å². The molecule has 1 aromatic carbocycles. The number of hydrogen-bond acceptors (Lipinski definition) is 6.